The van der Waals surface area contributed by atoms with Crippen molar-refractivity contribution in [2.75, 3.05) is 6.54 Å². The summed E-state index contributed by atoms with van der Waals surface area (Å²) in [6, 6.07) is 0. The van der Waals surface area contributed by atoms with Gasteiger partial charge >= 0.3 is 0 Å². The summed E-state index contributed by atoms with van der Waals surface area (Å²) in [5.41, 5.74) is 6.22. The summed E-state index contributed by atoms with van der Waals surface area (Å²) in [5, 5.41) is 8.06. The molecule has 0 radical (unpaired) electrons. The fourth-order valence-electron chi connectivity index (χ4n) is 1.09. The van der Waals surface area contributed by atoms with E-state index in [1.54, 1.807) is 5.38 Å². The Balaban J connectivity index is 1.91. The first kappa shape index (κ1) is 8.54. The van der Waals surface area contributed by atoms with Crippen LogP contribution >= 0.6 is 11.5 Å². The van der Waals surface area contributed by atoms with Gasteiger partial charge in [-0.1, -0.05) is 4.49 Å². The third-order valence-corrected chi connectivity index (χ3v) is 2.24. The molecule has 1 amide bonds. The Labute approximate surface area is 78.9 Å². The molecule has 1 saturated heterocycles. The van der Waals surface area contributed by atoms with E-state index in [9.17, 15) is 4.79 Å². The standard InChI is InChI=1S/C6H9N5OS/c12-6(4-3-13-11-9-4)8-5-1-2-7-10-5/h3,5,7,10H,1-2H2,(H,8,12). The van der Waals surface area contributed by atoms with Crippen LogP contribution < -0.4 is 16.2 Å². The van der Waals surface area contributed by atoms with E-state index in [4.69, 9.17) is 0 Å². The highest BCUT2D eigenvalue weighted by Gasteiger charge is 2.17. The smallest absolute Gasteiger partial charge is 0.273 e. The van der Waals surface area contributed by atoms with Crippen molar-refractivity contribution in [3.63, 3.8) is 0 Å². The van der Waals surface area contributed by atoms with E-state index in [0.717, 1.165) is 13.0 Å². The van der Waals surface area contributed by atoms with Gasteiger partial charge < -0.3 is 5.32 Å². The number of amides is 1. The first-order valence-electron chi connectivity index (χ1n) is 3.92. The molecule has 1 atom stereocenters. The molecule has 70 valence electrons. The van der Waals surface area contributed by atoms with E-state index in [2.05, 4.69) is 25.8 Å². The Morgan fingerprint density at radius 2 is 2.69 bits per heavy atom. The molecular formula is C6H9N5OS. The number of carbonyl (C=O) groups is 1. The Morgan fingerprint density at radius 3 is 3.31 bits per heavy atom. The van der Waals surface area contributed by atoms with Gasteiger partial charge in [0.05, 0.1) is 6.17 Å². The maximum Gasteiger partial charge on any atom is 0.273 e. The van der Waals surface area contributed by atoms with Crippen LogP contribution in [0.25, 0.3) is 0 Å². The molecule has 0 spiro atoms. The quantitative estimate of drug-likeness (QED) is 0.575. The molecule has 3 N–H and O–H groups in total. The molecule has 0 bridgehead atoms. The Hall–Kier alpha value is -1.05. The van der Waals surface area contributed by atoms with Gasteiger partial charge in [0.1, 0.15) is 0 Å². The zero-order valence-electron chi connectivity index (χ0n) is 6.78. The van der Waals surface area contributed by atoms with Gasteiger partial charge in [0.25, 0.3) is 5.91 Å². The van der Waals surface area contributed by atoms with Crippen LogP contribution in [0.2, 0.25) is 0 Å². The zero-order valence-corrected chi connectivity index (χ0v) is 7.60. The highest BCUT2D eigenvalue weighted by molar-refractivity contribution is 7.03. The predicted molar refractivity (Wildman–Crippen MR) is 46.9 cm³/mol. The number of hydrogen-bond donors (Lipinski definition) is 3. The van der Waals surface area contributed by atoms with Crippen LogP contribution in [0.15, 0.2) is 5.38 Å². The second-order valence-electron chi connectivity index (χ2n) is 2.68. The summed E-state index contributed by atoms with van der Waals surface area (Å²) < 4.78 is 3.61. The van der Waals surface area contributed by atoms with Gasteiger partial charge in [0, 0.05) is 11.9 Å². The minimum absolute atomic E-state index is 0.00537. The summed E-state index contributed by atoms with van der Waals surface area (Å²) in [4.78, 5) is 11.4. The summed E-state index contributed by atoms with van der Waals surface area (Å²) in [6.45, 7) is 0.861. The van der Waals surface area contributed by atoms with Crippen LogP contribution in [-0.4, -0.2) is 28.2 Å². The van der Waals surface area contributed by atoms with E-state index in [-0.39, 0.29) is 12.1 Å². The summed E-state index contributed by atoms with van der Waals surface area (Å²) >= 11 is 1.17. The zero-order chi connectivity index (χ0) is 9.10. The fourth-order valence-corrected chi connectivity index (χ4v) is 1.52. The lowest BCUT2D eigenvalue weighted by atomic mass is 10.3. The average Bonchev–Trinajstić information content (AvgIpc) is 2.74. The van der Waals surface area contributed by atoms with Gasteiger partial charge in [0.15, 0.2) is 5.69 Å². The molecule has 1 fully saturated rings. The topological polar surface area (TPSA) is 78.9 Å². The van der Waals surface area contributed by atoms with E-state index in [1.807, 2.05) is 0 Å². The van der Waals surface area contributed by atoms with Crippen LogP contribution in [0.4, 0.5) is 0 Å². The van der Waals surface area contributed by atoms with Gasteiger partial charge in [-0.05, 0) is 18.0 Å². The van der Waals surface area contributed by atoms with E-state index < -0.39 is 0 Å². The molecule has 1 aliphatic heterocycles. The second kappa shape index (κ2) is 3.77. The van der Waals surface area contributed by atoms with Gasteiger partial charge in [-0.15, -0.1) is 5.10 Å². The largest absolute Gasteiger partial charge is 0.334 e. The number of hydrogen-bond acceptors (Lipinski definition) is 6. The molecule has 0 aromatic carbocycles. The number of nitrogens with zero attached hydrogens (tertiary/aromatic N) is 2. The summed E-state index contributed by atoms with van der Waals surface area (Å²) in [6.07, 6.45) is 0.873. The van der Waals surface area contributed by atoms with E-state index in [0.29, 0.717) is 5.69 Å². The highest BCUT2D eigenvalue weighted by Crippen LogP contribution is 1.98. The van der Waals surface area contributed by atoms with Crippen LogP contribution in [0.3, 0.4) is 0 Å². The number of hydrazine groups is 1. The fraction of sp³-hybridized carbons (Fsp3) is 0.500. The molecule has 1 aromatic rings. The third kappa shape index (κ3) is 2.00. The van der Waals surface area contributed by atoms with Crippen molar-refractivity contribution >= 4 is 17.4 Å². The van der Waals surface area contributed by atoms with Crippen LogP contribution in [0.1, 0.15) is 16.9 Å². The van der Waals surface area contributed by atoms with Crippen molar-refractivity contribution < 1.29 is 4.79 Å². The van der Waals surface area contributed by atoms with Gasteiger partial charge in [-0.25, -0.2) is 5.43 Å². The summed E-state index contributed by atoms with van der Waals surface area (Å²) in [7, 11) is 0. The number of aromatic nitrogens is 2. The predicted octanol–water partition coefficient (Wildman–Crippen LogP) is -0.908. The maximum absolute atomic E-state index is 11.4. The molecule has 6 nitrogen and oxygen atoms in total. The van der Waals surface area contributed by atoms with Crippen molar-refractivity contribution in [3.05, 3.63) is 11.1 Å². The molecule has 13 heavy (non-hydrogen) atoms. The highest BCUT2D eigenvalue weighted by atomic mass is 32.1. The van der Waals surface area contributed by atoms with Crippen LogP contribution in [0.5, 0.6) is 0 Å². The number of nitrogens with one attached hydrogen (secondary N) is 3. The Bertz CT molecular complexity index is 281. The van der Waals surface area contributed by atoms with Gasteiger partial charge in [0.2, 0.25) is 0 Å². The third-order valence-electron chi connectivity index (χ3n) is 1.73. The lowest BCUT2D eigenvalue weighted by Gasteiger charge is -2.09. The number of rotatable bonds is 2. The molecule has 2 rings (SSSR count). The van der Waals surface area contributed by atoms with Crippen molar-refractivity contribution in [2.24, 2.45) is 0 Å². The van der Waals surface area contributed by atoms with Crippen molar-refractivity contribution in [3.8, 4) is 0 Å². The molecule has 1 unspecified atom stereocenters. The minimum atomic E-state index is -0.185. The van der Waals surface area contributed by atoms with Crippen LogP contribution in [0, 0.1) is 0 Å². The molecule has 7 heteroatoms. The minimum Gasteiger partial charge on any atom is -0.334 e. The molecule has 1 aromatic heterocycles. The molecular weight excluding hydrogens is 190 g/mol. The SMILES string of the molecule is O=C(NC1CCNN1)c1csnn1. The first-order chi connectivity index (χ1) is 6.36. The molecule has 0 saturated carbocycles. The average molecular weight is 199 g/mol. The van der Waals surface area contributed by atoms with E-state index >= 15 is 0 Å². The van der Waals surface area contributed by atoms with Crippen LogP contribution in [-0.2, 0) is 0 Å². The lowest BCUT2D eigenvalue weighted by Crippen LogP contribution is -2.44. The normalized spacial score (nSPS) is 21.7. The van der Waals surface area contributed by atoms with Crippen molar-refractivity contribution in [2.45, 2.75) is 12.6 Å². The number of carbonyl (C=O) groups excluding carboxylic acids is 1. The monoisotopic (exact) mass is 199 g/mol. The van der Waals surface area contributed by atoms with E-state index in [1.165, 1.54) is 11.5 Å². The van der Waals surface area contributed by atoms with Gasteiger partial charge in [-0.2, -0.15) is 0 Å². The summed E-state index contributed by atoms with van der Waals surface area (Å²) in [5.74, 6) is -0.185. The first-order valence-corrected chi connectivity index (χ1v) is 4.76. The Morgan fingerprint density at radius 1 is 1.77 bits per heavy atom. The second-order valence-corrected chi connectivity index (χ2v) is 3.29. The molecule has 1 aliphatic rings. The molecule has 2 heterocycles. The maximum atomic E-state index is 11.4. The van der Waals surface area contributed by atoms with Gasteiger partial charge in [-0.3, -0.25) is 10.2 Å². The Kier molecular flexibility index (Phi) is 2.48. The van der Waals surface area contributed by atoms with Crippen molar-refractivity contribution in [1.29, 1.82) is 0 Å². The molecule has 0 aliphatic carbocycles. The lowest BCUT2D eigenvalue weighted by molar-refractivity contribution is 0.0927. The van der Waals surface area contributed by atoms with Crippen molar-refractivity contribution in [1.82, 2.24) is 25.8 Å².